The molecule has 4 N–H and O–H groups in total. The second kappa shape index (κ2) is 15.1. The molecule has 3 heterocycles. The first-order valence-electron chi connectivity index (χ1n) is 14.6. The number of halogens is 2. The highest BCUT2D eigenvalue weighted by atomic mass is 35.5. The fourth-order valence-electron chi connectivity index (χ4n) is 5.51. The third-order valence-electron chi connectivity index (χ3n) is 7.89. The Balaban J connectivity index is 0.00000442. The minimum Gasteiger partial charge on any atom is -0.494 e. The zero-order valence-electron chi connectivity index (χ0n) is 25.2. The molecule has 0 radical (unpaired) electrons. The first-order valence-corrected chi connectivity index (χ1v) is 14.6. The maximum Gasteiger partial charge on any atom is 0.223 e. The van der Waals surface area contributed by atoms with E-state index in [0.29, 0.717) is 34.7 Å². The molecule has 0 saturated carbocycles. The molecule has 1 fully saturated rings. The number of ether oxygens (including phenoxy) is 1. The highest BCUT2D eigenvalue weighted by Crippen LogP contribution is 2.29. The van der Waals surface area contributed by atoms with E-state index in [1.807, 2.05) is 30.5 Å². The molecule has 1 aliphatic rings. The quantitative estimate of drug-likeness (QED) is 0.133. The average Bonchev–Trinajstić information content (AvgIpc) is 3.46. The Morgan fingerprint density at radius 2 is 1.95 bits per heavy atom. The number of hydrogen-bond acceptors (Lipinski definition) is 8. The largest absolute Gasteiger partial charge is 0.494 e. The number of aromatic nitrogens is 3. The van der Waals surface area contributed by atoms with Crippen LogP contribution in [-0.2, 0) is 4.79 Å². The summed E-state index contributed by atoms with van der Waals surface area (Å²) in [4.78, 5) is 35.7. The van der Waals surface area contributed by atoms with Gasteiger partial charge in [-0.25, -0.2) is 14.4 Å². The molecular weight excluding hydrogens is 585 g/mol. The Morgan fingerprint density at radius 3 is 2.66 bits per heavy atom. The number of ketones is 1. The first kappa shape index (κ1) is 32.8. The molecule has 1 saturated heterocycles. The SMILES string of the molecule is CNCCCC(NC(=O)C1CCNCC1)C(=O)c1ccc(Nc2nccn3c(-c4ccc(OC)c(F)c4)cnc23)cc1C.Cl. The predicted octanol–water partition coefficient (Wildman–Crippen LogP) is 4.68. The molecule has 1 atom stereocenters. The van der Waals surface area contributed by atoms with E-state index in [1.165, 1.54) is 13.2 Å². The molecule has 1 unspecified atom stereocenters. The number of nitrogens with zero attached hydrogens (tertiary/aromatic N) is 3. The van der Waals surface area contributed by atoms with Crippen molar-refractivity contribution in [2.75, 3.05) is 39.1 Å². The molecule has 1 amide bonds. The van der Waals surface area contributed by atoms with E-state index >= 15 is 0 Å². The van der Waals surface area contributed by atoms with Gasteiger partial charge in [-0.05, 0) is 101 Å². The Morgan fingerprint density at radius 1 is 1.16 bits per heavy atom. The van der Waals surface area contributed by atoms with Crippen molar-refractivity contribution in [1.82, 2.24) is 30.3 Å². The molecule has 44 heavy (non-hydrogen) atoms. The summed E-state index contributed by atoms with van der Waals surface area (Å²) < 4.78 is 21.3. The number of amides is 1. The summed E-state index contributed by atoms with van der Waals surface area (Å²) in [5.41, 5.74) is 4.01. The van der Waals surface area contributed by atoms with Crippen LogP contribution in [0.2, 0.25) is 0 Å². The number of Topliss-reactive ketones (excluding diaryl/α,β-unsaturated/α-hetero) is 1. The second-order valence-electron chi connectivity index (χ2n) is 10.8. The van der Waals surface area contributed by atoms with Crippen molar-refractivity contribution in [3.05, 3.63) is 71.9 Å². The summed E-state index contributed by atoms with van der Waals surface area (Å²) in [6.45, 7) is 4.27. The van der Waals surface area contributed by atoms with Gasteiger partial charge in [0.25, 0.3) is 0 Å². The van der Waals surface area contributed by atoms with Gasteiger partial charge in [0.2, 0.25) is 5.91 Å². The lowest BCUT2D eigenvalue weighted by Crippen LogP contribution is -2.46. The normalized spacial score (nSPS) is 14.1. The maximum absolute atomic E-state index is 14.4. The van der Waals surface area contributed by atoms with Crippen LogP contribution in [0.5, 0.6) is 5.75 Å². The van der Waals surface area contributed by atoms with Crippen LogP contribution in [0.3, 0.4) is 0 Å². The van der Waals surface area contributed by atoms with E-state index in [9.17, 15) is 14.0 Å². The van der Waals surface area contributed by atoms with E-state index in [2.05, 4.69) is 31.2 Å². The topological polar surface area (TPSA) is 122 Å². The number of carbonyl (C=O) groups is 2. The van der Waals surface area contributed by atoms with Gasteiger partial charge in [0.05, 0.1) is 25.0 Å². The van der Waals surface area contributed by atoms with Gasteiger partial charge in [0.15, 0.2) is 28.8 Å². The number of imidazole rings is 1. The lowest BCUT2D eigenvalue weighted by molar-refractivity contribution is -0.126. The van der Waals surface area contributed by atoms with Crippen LogP contribution < -0.4 is 26.0 Å². The number of methoxy groups -OCH3 is 1. The van der Waals surface area contributed by atoms with Crippen molar-refractivity contribution >= 4 is 41.2 Å². The number of aryl methyl sites for hydroxylation is 1. The standard InChI is InChI=1S/C32H38FN7O3.ClH/c1-20-17-23(7-8-24(20)29(41)26(5-4-12-34-2)39-32(42)21-10-13-35-14-11-21)38-30-31-37-19-27(40(31)16-15-36-30)22-6-9-28(43-3)25(33)18-22;/h6-9,15-19,21,26,34-35H,4-5,10-14H2,1-3H3,(H,36,38)(H,39,42);1H. The maximum atomic E-state index is 14.4. The van der Waals surface area contributed by atoms with Crippen LogP contribution in [0.4, 0.5) is 15.9 Å². The van der Waals surface area contributed by atoms with Gasteiger partial charge in [0, 0.05) is 35.1 Å². The third-order valence-corrected chi connectivity index (χ3v) is 7.89. The van der Waals surface area contributed by atoms with Gasteiger partial charge in [-0.2, -0.15) is 0 Å². The van der Waals surface area contributed by atoms with E-state index < -0.39 is 11.9 Å². The Hall–Kier alpha value is -4.06. The number of anilines is 2. The zero-order chi connectivity index (χ0) is 30.3. The fourth-order valence-corrected chi connectivity index (χ4v) is 5.51. The monoisotopic (exact) mass is 623 g/mol. The fraction of sp³-hybridized carbons (Fsp3) is 0.375. The molecule has 10 nitrogen and oxygen atoms in total. The molecule has 12 heteroatoms. The molecule has 1 aliphatic heterocycles. The number of fused-ring (bicyclic) bond motifs is 1. The molecule has 5 rings (SSSR count). The summed E-state index contributed by atoms with van der Waals surface area (Å²) >= 11 is 0. The first-order chi connectivity index (χ1) is 20.9. The minimum atomic E-state index is -0.588. The number of hydrogen-bond donors (Lipinski definition) is 4. The Bertz CT molecular complexity index is 1610. The van der Waals surface area contributed by atoms with E-state index in [4.69, 9.17) is 4.74 Å². The molecule has 0 bridgehead atoms. The minimum absolute atomic E-state index is 0. The summed E-state index contributed by atoms with van der Waals surface area (Å²) in [5.74, 6) is 0.0223. The van der Waals surface area contributed by atoms with Crippen molar-refractivity contribution in [2.45, 2.75) is 38.6 Å². The van der Waals surface area contributed by atoms with Crippen LogP contribution in [0.25, 0.3) is 16.9 Å². The lowest BCUT2D eigenvalue weighted by Gasteiger charge is -2.25. The van der Waals surface area contributed by atoms with Crippen molar-refractivity contribution in [2.24, 2.45) is 5.92 Å². The van der Waals surface area contributed by atoms with Crippen LogP contribution in [0, 0.1) is 18.7 Å². The predicted molar refractivity (Wildman–Crippen MR) is 172 cm³/mol. The van der Waals surface area contributed by atoms with Gasteiger partial charge >= 0.3 is 0 Å². The van der Waals surface area contributed by atoms with E-state index in [-0.39, 0.29) is 35.8 Å². The van der Waals surface area contributed by atoms with Crippen LogP contribution >= 0.6 is 12.4 Å². The third kappa shape index (κ3) is 7.35. The zero-order valence-corrected chi connectivity index (χ0v) is 26.0. The van der Waals surface area contributed by atoms with E-state index in [0.717, 1.165) is 50.1 Å². The molecule has 2 aromatic heterocycles. The summed E-state index contributed by atoms with van der Waals surface area (Å²) in [6, 6.07) is 9.69. The average molecular weight is 624 g/mol. The highest BCUT2D eigenvalue weighted by Gasteiger charge is 2.28. The molecule has 4 aromatic rings. The van der Waals surface area contributed by atoms with Crippen LogP contribution in [-0.4, -0.2) is 65.9 Å². The molecule has 2 aromatic carbocycles. The molecule has 0 spiro atoms. The van der Waals surface area contributed by atoms with Gasteiger partial charge in [-0.1, -0.05) is 0 Å². The summed E-state index contributed by atoms with van der Waals surface area (Å²) in [5, 5.41) is 12.8. The van der Waals surface area contributed by atoms with Gasteiger partial charge in [0.1, 0.15) is 0 Å². The smallest absolute Gasteiger partial charge is 0.223 e. The summed E-state index contributed by atoms with van der Waals surface area (Å²) in [7, 11) is 3.30. The van der Waals surface area contributed by atoms with Crippen molar-refractivity contribution in [3.8, 4) is 17.0 Å². The van der Waals surface area contributed by atoms with Crippen molar-refractivity contribution in [3.63, 3.8) is 0 Å². The van der Waals surface area contributed by atoms with Gasteiger partial charge in [-0.15, -0.1) is 12.4 Å². The van der Waals surface area contributed by atoms with Crippen LogP contribution in [0.1, 0.15) is 41.6 Å². The number of rotatable bonds is 12. The number of nitrogens with one attached hydrogen (secondary N) is 4. The number of carbonyl (C=O) groups excluding carboxylic acids is 2. The van der Waals surface area contributed by atoms with Crippen molar-refractivity contribution in [1.29, 1.82) is 0 Å². The van der Waals surface area contributed by atoms with E-state index in [1.54, 1.807) is 36.8 Å². The van der Waals surface area contributed by atoms with Crippen LogP contribution in [0.15, 0.2) is 55.0 Å². The van der Waals surface area contributed by atoms with Crippen molar-refractivity contribution < 1.29 is 18.7 Å². The molecule has 234 valence electrons. The second-order valence-corrected chi connectivity index (χ2v) is 10.8. The number of piperidine rings is 1. The lowest BCUT2D eigenvalue weighted by atomic mass is 9.93. The summed E-state index contributed by atoms with van der Waals surface area (Å²) in [6.07, 6.45) is 7.96. The Labute approximate surface area is 262 Å². The van der Waals surface area contributed by atoms with Gasteiger partial charge in [-0.3, -0.25) is 14.0 Å². The van der Waals surface area contributed by atoms with Gasteiger partial charge < -0.3 is 26.0 Å². The molecular formula is C32H39ClFN7O3. The highest BCUT2D eigenvalue weighted by molar-refractivity contribution is 6.03. The molecule has 0 aliphatic carbocycles. The number of benzene rings is 2. The Kier molecular flexibility index (Phi) is 11.3.